The Morgan fingerprint density at radius 3 is 2.47 bits per heavy atom. The standard InChI is InChI=1S/C12H23N5/c1-4-10-9-12(16-13)15-11(14-10)7-8-17(5-2)6-3/h9H,4-8,13H2,1-3H3,(H,14,15,16). The van der Waals surface area contributed by atoms with Gasteiger partial charge in [0.05, 0.1) is 0 Å². The van der Waals surface area contributed by atoms with E-state index in [9.17, 15) is 0 Å². The molecule has 0 saturated carbocycles. The van der Waals surface area contributed by atoms with Crippen LogP contribution in [0.4, 0.5) is 5.82 Å². The molecule has 1 rings (SSSR count). The third-order valence-corrected chi connectivity index (χ3v) is 2.88. The molecule has 0 aliphatic heterocycles. The van der Waals surface area contributed by atoms with Gasteiger partial charge in [-0.2, -0.15) is 0 Å². The Morgan fingerprint density at radius 2 is 1.94 bits per heavy atom. The molecule has 96 valence electrons. The van der Waals surface area contributed by atoms with Crippen molar-refractivity contribution in [2.75, 3.05) is 25.1 Å². The topological polar surface area (TPSA) is 67.1 Å². The number of nitrogens with two attached hydrogens (primary N) is 1. The van der Waals surface area contributed by atoms with E-state index < -0.39 is 0 Å². The monoisotopic (exact) mass is 237 g/mol. The van der Waals surface area contributed by atoms with E-state index in [4.69, 9.17) is 5.84 Å². The molecule has 0 aromatic carbocycles. The zero-order chi connectivity index (χ0) is 12.7. The van der Waals surface area contributed by atoms with E-state index in [2.05, 4.69) is 41.1 Å². The molecular weight excluding hydrogens is 214 g/mol. The quantitative estimate of drug-likeness (QED) is 0.551. The molecule has 0 atom stereocenters. The van der Waals surface area contributed by atoms with E-state index in [1.807, 2.05) is 6.07 Å². The van der Waals surface area contributed by atoms with E-state index in [-0.39, 0.29) is 0 Å². The minimum atomic E-state index is 0.700. The van der Waals surface area contributed by atoms with Gasteiger partial charge in [0.1, 0.15) is 11.6 Å². The lowest BCUT2D eigenvalue weighted by Gasteiger charge is -2.17. The molecule has 3 N–H and O–H groups in total. The first-order valence-corrected chi connectivity index (χ1v) is 6.29. The fraction of sp³-hybridized carbons (Fsp3) is 0.667. The zero-order valence-corrected chi connectivity index (χ0v) is 11.0. The van der Waals surface area contributed by atoms with Gasteiger partial charge in [-0.1, -0.05) is 20.8 Å². The Hall–Kier alpha value is -1.20. The molecule has 5 nitrogen and oxygen atoms in total. The molecule has 1 aromatic heterocycles. The van der Waals surface area contributed by atoms with Crippen LogP contribution in [0.2, 0.25) is 0 Å². The largest absolute Gasteiger partial charge is 0.308 e. The van der Waals surface area contributed by atoms with Crippen LogP contribution in [0.3, 0.4) is 0 Å². The summed E-state index contributed by atoms with van der Waals surface area (Å²) in [6, 6.07) is 1.89. The molecule has 1 aromatic rings. The number of hydrogen-bond donors (Lipinski definition) is 2. The number of nitrogens with one attached hydrogen (secondary N) is 1. The van der Waals surface area contributed by atoms with Crippen molar-refractivity contribution >= 4 is 5.82 Å². The number of nitrogen functional groups attached to an aromatic ring is 1. The summed E-state index contributed by atoms with van der Waals surface area (Å²) in [4.78, 5) is 11.2. The minimum Gasteiger partial charge on any atom is -0.308 e. The summed E-state index contributed by atoms with van der Waals surface area (Å²) in [6.07, 6.45) is 1.76. The number of aromatic nitrogens is 2. The normalized spacial score (nSPS) is 10.9. The van der Waals surface area contributed by atoms with Crippen LogP contribution in [-0.4, -0.2) is 34.5 Å². The van der Waals surface area contributed by atoms with Crippen molar-refractivity contribution < 1.29 is 0 Å². The van der Waals surface area contributed by atoms with Crippen LogP contribution in [0.15, 0.2) is 6.07 Å². The second kappa shape index (κ2) is 7.19. The maximum absolute atomic E-state index is 5.40. The lowest BCUT2D eigenvalue weighted by atomic mass is 10.3. The van der Waals surface area contributed by atoms with Crippen LogP contribution >= 0.6 is 0 Å². The summed E-state index contributed by atoms with van der Waals surface area (Å²) in [5.41, 5.74) is 3.62. The van der Waals surface area contributed by atoms with Crippen LogP contribution < -0.4 is 11.3 Å². The molecule has 17 heavy (non-hydrogen) atoms. The molecule has 0 aliphatic carbocycles. The average Bonchev–Trinajstić information content (AvgIpc) is 2.39. The number of nitrogens with zero attached hydrogens (tertiary/aromatic N) is 3. The molecule has 0 spiro atoms. The Kier molecular flexibility index (Phi) is 5.86. The van der Waals surface area contributed by atoms with Crippen molar-refractivity contribution in [3.63, 3.8) is 0 Å². The molecule has 0 fully saturated rings. The third-order valence-electron chi connectivity index (χ3n) is 2.88. The van der Waals surface area contributed by atoms with Crippen LogP contribution in [0.1, 0.15) is 32.3 Å². The van der Waals surface area contributed by atoms with Gasteiger partial charge < -0.3 is 10.3 Å². The number of aryl methyl sites for hydroxylation is 1. The molecule has 1 heterocycles. The van der Waals surface area contributed by atoms with E-state index >= 15 is 0 Å². The molecule has 5 heteroatoms. The highest BCUT2D eigenvalue weighted by Crippen LogP contribution is 2.07. The summed E-state index contributed by atoms with van der Waals surface area (Å²) >= 11 is 0. The van der Waals surface area contributed by atoms with Crippen molar-refractivity contribution in [2.45, 2.75) is 33.6 Å². The number of hydrogen-bond acceptors (Lipinski definition) is 5. The lowest BCUT2D eigenvalue weighted by Crippen LogP contribution is -2.26. The summed E-state index contributed by atoms with van der Waals surface area (Å²) in [7, 11) is 0. The molecule has 0 bridgehead atoms. The maximum Gasteiger partial charge on any atom is 0.143 e. The van der Waals surface area contributed by atoms with Gasteiger partial charge in [-0.15, -0.1) is 0 Å². The maximum atomic E-state index is 5.40. The number of rotatable bonds is 7. The van der Waals surface area contributed by atoms with Crippen LogP contribution in [-0.2, 0) is 12.8 Å². The lowest BCUT2D eigenvalue weighted by molar-refractivity contribution is 0.305. The zero-order valence-electron chi connectivity index (χ0n) is 11.0. The third kappa shape index (κ3) is 4.28. The minimum absolute atomic E-state index is 0.700. The molecule has 0 aliphatic rings. The van der Waals surface area contributed by atoms with Crippen LogP contribution in [0.5, 0.6) is 0 Å². The first-order valence-electron chi connectivity index (χ1n) is 6.29. The van der Waals surface area contributed by atoms with Crippen LogP contribution in [0.25, 0.3) is 0 Å². The van der Waals surface area contributed by atoms with Crippen molar-refractivity contribution in [3.05, 3.63) is 17.6 Å². The van der Waals surface area contributed by atoms with Gasteiger partial charge in [-0.3, -0.25) is 0 Å². The van der Waals surface area contributed by atoms with Crippen molar-refractivity contribution in [1.82, 2.24) is 14.9 Å². The van der Waals surface area contributed by atoms with E-state index in [1.165, 1.54) is 0 Å². The number of hydrazine groups is 1. The summed E-state index contributed by atoms with van der Waals surface area (Å²) in [5.74, 6) is 6.97. The Balaban J connectivity index is 2.69. The SMILES string of the molecule is CCc1cc(NN)nc(CCN(CC)CC)n1. The van der Waals surface area contributed by atoms with Crippen molar-refractivity contribution in [1.29, 1.82) is 0 Å². The van der Waals surface area contributed by atoms with Gasteiger partial charge in [-0.05, 0) is 19.5 Å². The Bertz CT molecular complexity index is 313. The molecule has 0 radical (unpaired) electrons. The molecule has 0 saturated heterocycles. The summed E-state index contributed by atoms with van der Waals surface area (Å²) in [6.45, 7) is 9.53. The second-order valence-electron chi connectivity index (χ2n) is 3.94. The molecule has 0 unspecified atom stereocenters. The predicted octanol–water partition coefficient (Wildman–Crippen LogP) is 1.21. The highest BCUT2D eigenvalue weighted by molar-refractivity contribution is 5.34. The highest BCUT2D eigenvalue weighted by Gasteiger charge is 2.05. The van der Waals surface area contributed by atoms with Gasteiger partial charge >= 0.3 is 0 Å². The van der Waals surface area contributed by atoms with Gasteiger partial charge in [0.15, 0.2) is 0 Å². The number of anilines is 1. The average molecular weight is 237 g/mol. The van der Waals surface area contributed by atoms with Gasteiger partial charge in [0, 0.05) is 24.7 Å². The Morgan fingerprint density at radius 1 is 1.24 bits per heavy atom. The Labute approximate surface area is 103 Å². The van der Waals surface area contributed by atoms with E-state index in [1.54, 1.807) is 0 Å². The van der Waals surface area contributed by atoms with Crippen LogP contribution in [0, 0.1) is 0 Å². The predicted molar refractivity (Wildman–Crippen MR) is 70.7 cm³/mol. The molecular formula is C12H23N5. The van der Waals surface area contributed by atoms with Gasteiger partial charge in [0.2, 0.25) is 0 Å². The smallest absolute Gasteiger partial charge is 0.143 e. The fourth-order valence-electron chi connectivity index (χ4n) is 1.72. The van der Waals surface area contributed by atoms with Crippen molar-refractivity contribution in [3.8, 4) is 0 Å². The fourth-order valence-corrected chi connectivity index (χ4v) is 1.72. The summed E-state index contributed by atoms with van der Waals surface area (Å²) in [5, 5.41) is 0. The first-order chi connectivity index (χ1) is 8.23. The van der Waals surface area contributed by atoms with Crippen molar-refractivity contribution in [2.24, 2.45) is 5.84 Å². The van der Waals surface area contributed by atoms with E-state index in [0.29, 0.717) is 5.82 Å². The number of likely N-dealkylation sites (N-methyl/N-ethyl adjacent to an activating group) is 1. The summed E-state index contributed by atoms with van der Waals surface area (Å²) < 4.78 is 0. The van der Waals surface area contributed by atoms with E-state index in [0.717, 1.165) is 44.0 Å². The van der Waals surface area contributed by atoms with Gasteiger partial charge in [-0.25, -0.2) is 15.8 Å². The highest BCUT2D eigenvalue weighted by atomic mass is 15.3. The first kappa shape index (κ1) is 13.9. The second-order valence-corrected chi connectivity index (χ2v) is 3.94. The van der Waals surface area contributed by atoms with Gasteiger partial charge in [0.25, 0.3) is 0 Å². The molecule has 0 amide bonds.